The van der Waals surface area contributed by atoms with Crippen LogP contribution in [0, 0.1) is 0 Å². The molecule has 0 amide bonds. The van der Waals surface area contributed by atoms with Crippen LogP contribution in [-0.2, 0) is 4.79 Å². The van der Waals surface area contributed by atoms with E-state index in [2.05, 4.69) is 13.2 Å². The Bertz CT molecular complexity index is 163. The molecule has 0 aliphatic heterocycles. The number of carbonyl (C=O) groups excluding carboxylic acids is 1. The Balaban J connectivity index is 4.04. The minimum Gasteiger partial charge on any atom is -0.298 e. The molecule has 48 valence electrons. The van der Waals surface area contributed by atoms with Crippen molar-refractivity contribution in [1.29, 1.82) is 0 Å². The quantitative estimate of drug-likeness (QED) is 0.317. The molecular weight excluding hydrogens is 112 g/mol. The van der Waals surface area contributed by atoms with Gasteiger partial charge in [0.25, 0.3) is 0 Å². The molecule has 0 atom stereocenters. The fourth-order valence-corrected chi connectivity index (χ4v) is 0.384. The van der Waals surface area contributed by atoms with Crippen LogP contribution in [0.2, 0.25) is 0 Å². The molecule has 9 heavy (non-hydrogen) atoms. The van der Waals surface area contributed by atoms with Crippen LogP contribution >= 0.6 is 0 Å². The Morgan fingerprint density at radius 3 is 2.22 bits per heavy atom. The van der Waals surface area contributed by atoms with E-state index in [1.807, 2.05) is 13.0 Å². The van der Waals surface area contributed by atoms with Gasteiger partial charge in [-0.1, -0.05) is 25.3 Å². The Kier molecular flexibility index (Phi) is 3.37. The second kappa shape index (κ2) is 3.84. The molecule has 0 bridgehead atoms. The zero-order valence-electron chi connectivity index (χ0n) is 5.55. The third-order valence-electron chi connectivity index (χ3n) is 0.923. The molecule has 0 fully saturated rings. The first kappa shape index (κ1) is 7.89. The first-order valence-corrected chi connectivity index (χ1v) is 2.68. The van der Waals surface area contributed by atoms with Crippen LogP contribution in [-0.4, -0.2) is 6.29 Å². The highest BCUT2D eigenvalue weighted by atomic mass is 16.1. The van der Waals surface area contributed by atoms with Crippen LogP contribution in [0.15, 0.2) is 36.5 Å². The van der Waals surface area contributed by atoms with Gasteiger partial charge in [0.2, 0.25) is 0 Å². The lowest BCUT2D eigenvalue weighted by Gasteiger charge is -1.91. The molecule has 0 aromatic rings. The normalized spacial score (nSPS) is 9.44. The highest BCUT2D eigenvalue weighted by Gasteiger charge is 1.89. The SMILES string of the molecule is C=C(C=O)C(=C)/C=C\C. The van der Waals surface area contributed by atoms with Crippen molar-refractivity contribution < 1.29 is 4.79 Å². The summed E-state index contributed by atoms with van der Waals surface area (Å²) in [4.78, 5) is 10.0. The fourth-order valence-electron chi connectivity index (χ4n) is 0.384. The first-order chi connectivity index (χ1) is 4.22. The summed E-state index contributed by atoms with van der Waals surface area (Å²) in [5, 5.41) is 0. The Hall–Kier alpha value is -1.11. The summed E-state index contributed by atoms with van der Waals surface area (Å²) in [6.07, 6.45) is 4.26. The van der Waals surface area contributed by atoms with Crippen LogP contribution in [0.5, 0.6) is 0 Å². The van der Waals surface area contributed by atoms with Crippen molar-refractivity contribution in [2.24, 2.45) is 0 Å². The smallest absolute Gasteiger partial charge is 0.150 e. The molecule has 0 unspecified atom stereocenters. The predicted octanol–water partition coefficient (Wildman–Crippen LogP) is 1.87. The maximum atomic E-state index is 10.0. The maximum absolute atomic E-state index is 10.0. The molecule has 0 saturated heterocycles. The molecule has 0 saturated carbocycles. The van der Waals surface area contributed by atoms with E-state index >= 15 is 0 Å². The third-order valence-corrected chi connectivity index (χ3v) is 0.923. The molecule has 0 aliphatic carbocycles. The van der Waals surface area contributed by atoms with Gasteiger partial charge in [-0.05, 0) is 12.5 Å². The van der Waals surface area contributed by atoms with Gasteiger partial charge in [0.1, 0.15) is 6.29 Å². The van der Waals surface area contributed by atoms with Crippen LogP contribution in [0.3, 0.4) is 0 Å². The van der Waals surface area contributed by atoms with Gasteiger partial charge in [0.05, 0.1) is 0 Å². The Morgan fingerprint density at radius 2 is 1.89 bits per heavy atom. The van der Waals surface area contributed by atoms with Crippen molar-refractivity contribution in [3.8, 4) is 0 Å². The molecule has 0 aliphatic rings. The van der Waals surface area contributed by atoms with E-state index in [-0.39, 0.29) is 0 Å². The van der Waals surface area contributed by atoms with Gasteiger partial charge in [-0.25, -0.2) is 0 Å². The summed E-state index contributed by atoms with van der Waals surface area (Å²) < 4.78 is 0. The Labute approximate surface area is 55.4 Å². The monoisotopic (exact) mass is 122 g/mol. The maximum Gasteiger partial charge on any atom is 0.150 e. The van der Waals surface area contributed by atoms with Gasteiger partial charge in [-0.3, -0.25) is 4.79 Å². The van der Waals surface area contributed by atoms with Gasteiger partial charge in [-0.2, -0.15) is 0 Å². The van der Waals surface area contributed by atoms with Crippen LogP contribution in [0.4, 0.5) is 0 Å². The van der Waals surface area contributed by atoms with Gasteiger partial charge in [-0.15, -0.1) is 0 Å². The number of rotatable bonds is 3. The molecule has 0 spiro atoms. The van der Waals surface area contributed by atoms with E-state index in [1.165, 1.54) is 0 Å². The molecule has 0 aromatic heterocycles. The average molecular weight is 122 g/mol. The highest BCUT2D eigenvalue weighted by Crippen LogP contribution is 2.01. The van der Waals surface area contributed by atoms with Crippen molar-refractivity contribution in [2.75, 3.05) is 0 Å². The van der Waals surface area contributed by atoms with E-state index in [0.29, 0.717) is 17.4 Å². The number of aldehydes is 1. The predicted molar refractivity (Wildman–Crippen MR) is 39.2 cm³/mol. The minimum atomic E-state index is 0.438. The van der Waals surface area contributed by atoms with Crippen LogP contribution in [0.25, 0.3) is 0 Å². The average Bonchev–Trinajstić information content (AvgIpc) is 1.87. The number of hydrogen-bond donors (Lipinski definition) is 0. The molecule has 1 nitrogen and oxygen atoms in total. The summed E-state index contributed by atoms with van der Waals surface area (Å²) in [5.74, 6) is 0. The first-order valence-electron chi connectivity index (χ1n) is 2.68. The summed E-state index contributed by atoms with van der Waals surface area (Å²) in [6, 6.07) is 0. The van der Waals surface area contributed by atoms with Crippen molar-refractivity contribution in [3.05, 3.63) is 36.5 Å². The van der Waals surface area contributed by atoms with Crippen LogP contribution < -0.4 is 0 Å². The van der Waals surface area contributed by atoms with Crippen molar-refractivity contribution in [1.82, 2.24) is 0 Å². The standard InChI is InChI=1S/C8H10O/c1-4-5-7(2)8(3)6-9/h4-6H,2-3H2,1H3/b5-4-. The number of hydrogen-bond acceptors (Lipinski definition) is 1. The fraction of sp³-hybridized carbons (Fsp3) is 0.125. The molecule has 0 rings (SSSR count). The van der Waals surface area contributed by atoms with E-state index in [4.69, 9.17) is 0 Å². The molecular formula is C8H10O. The van der Waals surface area contributed by atoms with Crippen molar-refractivity contribution >= 4 is 6.29 Å². The molecule has 0 radical (unpaired) electrons. The van der Waals surface area contributed by atoms with E-state index < -0.39 is 0 Å². The summed E-state index contributed by atoms with van der Waals surface area (Å²) in [7, 11) is 0. The van der Waals surface area contributed by atoms with Gasteiger partial charge < -0.3 is 0 Å². The van der Waals surface area contributed by atoms with Gasteiger partial charge >= 0.3 is 0 Å². The second-order valence-corrected chi connectivity index (χ2v) is 1.67. The highest BCUT2D eigenvalue weighted by molar-refractivity contribution is 5.80. The number of allylic oxidation sites excluding steroid dienone is 4. The molecule has 0 N–H and O–H groups in total. The largest absolute Gasteiger partial charge is 0.298 e. The summed E-state index contributed by atoms with van der Waals surface area (Å²) >= 11 is 0. The lowest BCUT2D eigenvalue weighted by Crippen LogP contribution is -1.81. The zero-order valence-corrected chi connectivity index (χ0v) is 5.55. The van der Waals surface area contributed by atoms with E-state index in [0.717, 1.165) is 0 Å². The lowest BCUT2D eigenvalue weighted by atomic mass is 10.1. The molecule has 1 heteroatoms. The lowest BCUT2D eigenvalue weighted by molar-refractivity contribution is -0.104. The third kappa shape index (κ3) is 2.65. The van der Waals surface area contributed by atoms with Crippen molar-refractivity contribution in [3.63, 3.8) is 0 Å². The van der Waals surface area contributed by atoms with Crippen molar-refractivity contribution in [2.45, 2.75) is 6.92 Å². The minimum absolute atomic E-state index is 0.438. The zero-order chi connectivity index (χ0) is 7.28. The van der Waals surface area contributed by atoms with Gasteiger partial charge in [0.15, 0.2) is 0 Å². The molecule has 0 aromatic carbocycles. The van der Waals surface area contributed by atoms with E-state index in [1.54, 1.807) is 6.08 Å². The summed E-state index contributed by atoms with van der Waals surface area (Å²) in [5.41, 5.74) is 1.11. The topological polar surface area (TPSA) is 17.1 Å². The Morgan fingerprint density at radius 1 is 1.33 bits per heavy atom. The van der Waals surface area contributed by atoms with Crippen LogP contribution in [0.1, 0.15) is 6.92 Å². The van der Waals surface area contributed by atoms with E-state index in [9.17, 15) is 4.79 Å². The van der Waals surface area contributed by atoms with Gasteiger partial charge in [0, 0.05) is 5.57 Å². The summed E-state index contributed by atoms with van der Waals surface area (Å²) in [6.45, 7) is 8.93. The molecule has 0 heterocycles. The number of carbonyl (C=O) groups is 1. The second-order valence-electron chi connectivity index (χ2n) is 1.67.